The van der Waals surface area contributed by atoms with Gasteiger partial charge >= 0.3 is 0 Å². The maximum atomic E-state index is 15.2. The molecule has 6 atom stereocenters. The zero-order valence-electron chi connectivity index (χ0n) is 13.3. The van der Waals surface area contributed by atoms with Crippen LogP contribution in [0.3, 0.4) is 0 Å². The van der Waals surface area contributed by atoms with Crippen LogP contribution in [0.2, 0.25) is 0 Å². The average Bonchev–Trinajstić information content (AvgIpc) is 2.75. The number of Topliss-reactive ketones (excluding diaryl/α,β-unsaturated/α-hetero) is 1. The Labute approximate surface area is 130 Å². The van der Waals surface area contributed by atoms with Gasteiger partial charge in [0.05, 0.1) is 0 Å². The minimum atomic E-state index is -0.958. The van der Waals surface area contributed by atoms with Gasteiger partial charge in [-0.05, 0) is 48.2 Å². The number of carbonyl (C=O) groups excluding carboxylic acids is 2. The molecule has 0 radical (unpaired) electrons. The topological polar surface area (TPSA) is 34.1 Å². The van der Waals surface area contributed by atoms with Crippen LogP contribution in [0.25, 0.3) is 0 Å². The lowest BCUT2D eigenvalue weighted by Gasteiger charge is -2.55. The average molecular weight is 302 g/mol. The number of ketones is 2. The zero-order valence-corrected chi connectivity index (χ0v) is 13.3. The molecular formula is C19H23FO2. The third kappa shape index (κ3) is 1.65. The second-order valence-electron chi connectivity index (χ2n) is 8.15. The molecule has 0 heterocycles. The van der Waals surface area contributed by atoms with Crippen LogP contribution in [-0.2, 0) is 9.59 Å². The highest BCUT2D eigenvalue weighted by Gasteiger charge is 2.61. The van der Waals surface area contributed by atoms with Crippen LogP contribution in [0, 0.1) is 28.6 Å². The molecule has 0 spiro atoms. The molecule has 0 aromatic rings. The summed E-state index contributed by atoms with van der Waals surface area (Å²) in [6.07, 6.45) is 8.01. The van der Waals surface area contributed by atoms with Crippen LogP contribution in [0.5, 0.6) is 0 Å². The Hall–Kier alpha value is -1.25. The molecule has 3 heteroatoms. The summed E-state index contributed by atoms with van der Waals surface area (Å²) >= 11 is 0. The van der Waals surface area contributed by atoms with E-state index in [2.05, 4.69) is 13.0 Å². The van der Waals surface area contributed by atoms with Crippen LogP contribution in [0.1, 0.15) is 46.0 Å². The van der Waals surface area contributed by atoms with Crippen LogP contribution < -0.4 is 0 Å². The third-order valence-electron chi connectivity index (χ3n) is 7.13. The first-order valence-electron chi connectivity index (χ1n) is 8.47. The molecule has 2 fully saturated rings. The van der Waals surface area contributed by atoms with Crippen molar-refractivity contribution < 1.29 is 14.0 Å². The summed E-state index contributed by atoms with van der Waals surface area (Å²) in [4.78, 5) is 24.0. The number of carbonyl (C=O) groups is 2. The fraction of sp³-hybridized carbons (Fsp3) is 0.684. The van der Waals surface area contributed by atoms with Crippen molar-refractivity contribution in [1.29, 1.82) is 0 Å². The van der Waals surface area contributed by atoms with E-state index in [4.69, 9.17) is 0 Å². The second kappa shape index (κ2) is 4.39. The van der Waals surface area contributed by atoms with E-state index in [1.165, 1.54) is 0 Å². The summed E-state index contributed by atoms with van der Waals surface area (Å²) in [5, 5.41) is 0. The van der Waals surface area contributed by atoms with Crippen molar-refractivity contribution in [3.63, 3.8) is 0 Å². The number of rotatable bonds is 0. The maximum absolute atomic E-state index is 15.2. The standard InChI is InChI=1S/C19H23FO2/c1-18-8-7-12(21)9-11(18)3-4-13-14-5-6-16(22)19(14,2)10-15(20)17(13)18/h3-4,9,13-15,17H,5-8,10H2,1-2H3/t13-,14-,15-,17+,18-,19-/m0/s1. The first kappa shape index (κ1) is 14.3. The normalized spacial score (nSPS) is 50.2. The molecule has 0 aliphatic heterocycles. The predicted molar refractivity (Wildman–Crippen MR) is 81.9 cm³/mol. The molecule has 118 valence electrons. The highest BCUT2D eigenvalue weighted by Crippen LogP contribution is 2.63. The summed E-state index contributed by atoms with van der Waals surface area (Å²) in [6.45, 7) is 4.10. The lowest BCUT2D eigenvalue weighted by atomic mass is 9.49. The van der Waals surface area contributed by atoms with Crippen LogP contribution >= 0.6 is 0 Å². The summed E-state index contributed by atoms with van der Waals surface area (Å²) in [5.74, 6) is 0.723. The monoisotopic (exact) mass is 302 g/mol. The number of hydrogen-bond acceptors (Lipinski definition) is 2. The molecule has 0 unspecified atom stereocenters. The van der Waals surface area contributed by atoms with Gasteiger partial charge in [-0.15, -0.1) is 0 Å². The number of hydrogen-bond donors (Lipinski definition) is 0. The van der Waals surface area contributed by atoms with Crippen LogP contribution in [-0.4, -0.2) is 17.7 Å². The summed E-state index contributed by atoms with van der Waals surface area (Å²) < 4.78 is 15.2. The Bertz CT molecular complexity index is 619. The number of allylic oxidation sites excluding steroid dienone is 4. The van der Waals surface area contributed by atoms with Gasteiger partial charge in [0.25, 0.3) is 0 Å². The van der Waals surface area contributed by atoms with Gasteiger partial charge in [-0.3, -0.25) is 9.59 Å². The van der Waals surface area contributed by atoms with Gasteiger partial charge in [0, 0.05) is 24.2 Å². The number of fused-ring (bicyclic) bond motifs is 5. The lowest BCUT2D eigenvalue weighted by Crippen LogP contribution is -2.54. The molecule has 4 rings (SSSR count). The lowest BCUT2D eigenvalue weighted by molar-refractivity contribution is -0.134. The second-order valence-corrected chi connectivity index (χ2v) is 8.15. The number of halogens is 1. The van der Waals surface area contributed by atoms with Gasteiger partial charge in [0.15, 0.2) is 5.78 Å². The largest absolute Gasteiger partial charge is 0.299 e. The summed E-state index contributed by atoms with van der Waals surface area (Å²) in [7, 11) is 0. The molecule has 4 aliphatic carbocycles. The molecule has 2 saturated carbocycles. The fourth-order valence-electron chi connectivity index (χ4n) is 5.83. The van der Waals surface area contributed by atoms with Crippen molar-refractivity contribution in [3.05, 3.63) is 23.8 Å². The molecule has 0 saturated heterocycles. The molecular weight excluding hydrogens is 279 g/mol. The molecule has 2 nitrogen and oxygen atoms in total. The zero-order chi connectivity index (χ0) is 15.7. The van der Waals surface area contributed by atoms with Gasteiger partial charge in [-0.2, -0.15) is 0 Å². The Morgan fingerprint density at radius 3 is 2.73 bits per heavy atom. The van der Waals surface area contributed by atoms with E-state index in [0.717, 1.165) is 18.4 Å². The molecule has 0 amide bonds. The molecule has 0 bridgehead atoms. The first-order valence-corrected chi connectivity index (χ1v) is 8.47. The number of alkyl halides is 1. The smallest absolute Gasteiger partial charge is 0.156 e. The van der Waals surface area contributed by atoms with Crippen molar-refractivity contribution in [3.8, 4) is 0 Å². The van der Waals surface area contributed by atoms with Gasteiger partial charge in [-0.1, -0.05) is 26.0 Å². The van der Waals surface area contributed by atoms with E-state index in [-0.39, 0.29) is 34.7 Å². The first-order chi connectivity index (χ1) is 10.4. The van der Waals surface area contributed by atoms with Crippen LogP contribution in [0.15, 0.2) is 23.8 Å². The minimum Gasteiger partial charge on any atom is -0.299 e. The third-order valence-corrected chi connectivity index (χ3v) is 7.13. The van der Waals surface area contributed by atoms with Crippen molar-refractivity contribution in [2.45, 2.75) is 52.1 Å². The molecule has 4 aliphatic rings. The Balaban J connectivity index is 1.81. The van der Waals surface area contributed by atoms with Gasteiger partial charge in [0.1, 0.15) is 12.0 Å². The summed E-state index contributed by atoms with van der Waals surface area (Å²) in [6, 6.07) is 0. The quantitative estimate of drug-likeness (QED) is 0.682. The molecule has 0 aromatic heterocycles. The molecule has 22 heavy (non-hydrogen) atoms. The van der Waals surface area contributed by atoms with Crippen LogP contribution in [0.4, 0.5) is 4.39 Å². The Kier molecular flexibility index (Phi) is 2.87. The minimum absolute atomic E-state index is 0.0826. The van der Waals surface area contributed by atoms with E-state index >= 15 is 4.39 Å². The molecule has 0 aromatic carbocycles. The highest BCUT2D eigenvalue weighted by atomic mass is 19.1. The summed E-state index contributed by atoms with van der Waals surface area (Å²) in [5.41, 5.74) is 0.271. The van der Waals surface area contributed by atoms with Crippen molar-refractivity contribution in [2.24, 2.45) is 28.6 Å². The Morgan fingerprint density at radius 1 is 1.18 bits per heavy atom. The van der Waals surface area contributed by atoms with E-state index in [0.29, 0.717) is 19.3 Å². The van der Waals surface area contributed by atoms with Gasteiger partial charge < -0.3 is 0 Å². The van der Waals surface area contributed by atoms with Crippen molar-refractivity contribution in [1.82, 2.24) is 0 Å². The van der Waals surface area contributed by atoms with Gasteiger partial charge in [0.2, 0.25) is 0 Å². The Morgan fingerprint density at radius 2 is 1.95 bits per heavy atom. The van der Waals surface area contributed by atoms with E-state index < -0.39 is 11.6 Å². The highest BCUT2D eigenvalue weighted by molar-refractivity contribution is 5.92. The van der Waals surface area contributed by atoms with E-state index in [1.54, 1.807) is 6.08 Å². The predicted octanol–water partition coefficient (Wildman–Crippen LogP) is 3.81. The van der Waals surface area contributed by atoms with E-state index in [9.17, 15) is 9.59 Å². The SMILES string of the molecule is C[C@]12CCC(=O)C=C1C=C[C@@H]1[C@@H]2[C@@H](F)C[C@]2(C)C(=O)CC[C@@H]12. The van der Waals surface area contributed by atoms with Gasteiger partial charge in [-0.25, -0.2) is 4.39 Å². The fourth-order valence-corrected chi connectivity index (χ4v) is 5.83. The van der Waals surface area contributed by atoms with E-state index in [1.807, 2.05) is 13.0 Å². The van der Waals surface area contributed by atoms with Crippen molar-refractivity contribution >= 4 is 11.6 Å². The van der Waals surface area contributed by atoms with Crippen molar-refractivity contribution in [2.75, 3.05) is 0 Å². The maximum Gasteiger partial charge on any atom is 0.156 e. The molecule has 0 N–H and O–H groups in total.